The van der Waals surface area contributed by atoms with Gasteiger partial charge in [-0.3, -0.25) is 10.1 Å². The van der Waals surface area contributed by atoms with E-state index in [4.69, 9.17) is 9.15 Å². The van der Waals surface area contributed by atoms with E-state index in [-0.39, 0.29) is 5.76 Å². The maximum absolute atomic E-state index is 12.0. The average molecular weight is 303 g/mol. The largest absolute Gasteiger partial charge is 0.497 e. The fraction of sp³-hybridized carbons (Fsp3) is 0.0769. The van der Waals surface area contributed by atoms with Crippen LogP contribution in [-0.2, 0) is 0 Å². The van der Waals surface area contributed by atoms with Crippen LogP contribution in [-0.4, -0.2) is 23.2 Å². The first kappa shape index (κ1) is 13.3. The van der Waals surface area contributed by atoms with Crippen molar-refractivity contribution in [1.29, 1.82) is 0 Å². The molecule has 8 heteroatoms. The lowest BCUT2D eigenvalue weighted by Gasteiger charge is -2.04. The Kier molecular flexibility index (Phi) is 3.36. The SMILES string of the molecule is COc1ccc2c(=O)oc(C(=O)Nc3nncs3)cc2c1. The van der Waals surface area contributed by atoms with E-state index in [0.29, 0.717) is 21.7 Å². The Hall–Kier alpha value is -2.74. The van der Waals surface area contributed by atoms with Gasteiger partial charge >= 0.3 is 5.63 Å². The lowest BCUT2D eigenvalue weighted by atomic mass is 10.1. The molecule has 3 rings (SSSR count). The highest BCUT2D eigenvalue weighted by Crippen LogP contribution is 2.20. The van der Waals surface area contributed by atoms with Crippen molar-refractivity contribution in [3.8, 4) is 5.75 Å². The van der Waals surface area contributed by atoms with Gasteiger partial charge in [-0.25, -0.2) is 4.79 Å². The number of amides is 1. The van der Waals surface area contributed by atoms with Crippen LogP contribution >= 0.6 is 11.3 Å². The minimum atomic E-state index is -0.586. The van der Waals surface area contributed by atoms with E-state index in [2.05, 4.69) is 15.5 Å². The first-order chi connectivity index (χ1) is 10.2. The van der Waals surface area contributed by atoms with Crippen molar-refractivity contribution in [2.45, 2.75) is 0 Å². The summed E-state index contributed by atoms with van der Waals surface area (Å²) < 4.78 is 10.1. The molecule has 7 nitrogen and oxygen atoms in total. The summed E-state index contributed by atoms with van der Waals surface area (Å²) in [4.78, 5) is 23.9. The van der Waals surface area contributed by atoms with Crippen LogP contribution in [0.15, 0.2) is 39.0 Å². The number of fused-ring (bicyclic) bond motifs is 1. The molecule has 0 fully saturated rings. The Morgan fingerprint density at radius 1 is 1.38 bits per heavy atom. The lowest BCUT2D eigenvalue weighted by Crippen LogP contribution is -2.14. The number of hydrogen-bond acceptors (Lipinski definition) is 7. The molecule has 1 aromatic carbocycles. The maximum Gasteiger partial charge on any atom is 0.344 e. The van der Waals surface area contributed by atoms with E-state index in [1.807, 2.05) is 0 Å². The molecular formula is C13H9N3O4S. The second-order valence-corrected chi connectivity index (χ2v) is 4.88. The van der Waals surface area contributed by atoms with Crippen LogP contribution in [0.5, 0.6) is 5.75 Å². The van der Waals surface area contributed by atoms with Crippen LogP contribution in [0.1, 0.15) is 10.6 Å². The van der Waals surface area contributed by atoms with Crippen LogP contribution in [0, 0.1) is 0 Å². The van der Waals surface area contributed by atoms with Gasteiger partial charge in [-0.15, -0.1) is 10.2 Å². The van der Waals surface area contributed by atoms with Crippen LogP contribution in [0.4, 0.5) is 5.13 Å². The maximum atomic E-state index is 12.0. The van der Waals surface area contributed by atoms with Gasteiger partial charge in [0.25, 0.3) is 5.91 Å². The molecule has 0 saturated carbocycles. The molecule has 0 radical (unpaired) electrons. The number of hydrogen-bond donors (Lipinski definition) is 1. The van der Waals surface area contributed by atoms with Crippen molar-refractivity contribution in [3.05, 3.63) is 46.0 Å². The molecular weight excluding hydrogens is 294 g/mol. The first-order valence-corrected chi connectivity index (χ1v) is 6.75. The standard InChI is InChI=1S/C13H9N3O4S/c1-19-8-2-3-9-7(4-8)5-10(20-12(9)18)11(17)15-13-16-14-6-21-13/h2-6H,1H3,(H,15,16,17). The van der Waals surface area contributed by atoms with E-state index in [1.165, 1.54) is 30.0 Å². The normalized spacial score (nSPS) is 10.5. The molecule has 0 aliphatic rings. The minimum Gasteiger partial charge on any atom is -0.497 e. The van der Waals surface area contributed by atoms with E-state index in [0.717, 1.165) is 0 Å². The summed E-state index contributed by atoms with van der Waals surface area (Å²) in [5.41, 5.74) is 0.898. The zero-order valence-electron chi connectivity index (χ0n) is 10.8. The number of aromatic nitrogens is 2. The Labute approximate surface area is 122 Å². The third-order valence-electron chi connectivity index (χ3n) is 2.77. The molecule has 21 heavy (non-hydrogen) atoms. The lowest BCUT2D eigenvalue weighted by molar-refractivity contribution is 0.0993. The first-order valence-electron chi connectivity index (χ1n) is 5.87. The average Bonchev–Trinajstić information content (AvgIpc) is 2.99. The number of carbonyl (C=O) groups is 1. The molecule has 2 aromatic heterocycles. The molecule has 0 aliphatic heterocycles. The van der Waals surface area contributed by atoms with Crippen molar-refractivity contribution >= 4 is 33.1 Å². The van der Waals surface area contributed by atoms with Crippen LogP contribution in [0.3, 0.4) is 0 Å². The minimum absolute atomic E-state index is 0.101. The Morgan fingerprint density at radius 3 is 2.95 bits per heavy atom. The smallest absolute Gasteiger partial charge is 0.344 e. The fourth-order valence-electron chi connectivity index (χ4n) is 1.80. The Bertz CT molecular complexity index is 857. The molecule has 0 bridgehead atoms. The van der Waals surface area contributed by atoms with Crippen molar-refractivity contribution < 1.29 is 13.9 Å². The number of carbonyl (C=O) groups excluding carboxylic acids is 1. The molecule has 3 aromatic rings. The van der Waals surface area contributed by atoms with Gasteiger partial charge < -0.3 is 9.15 Å². The molecule has 0 atom stereocenters. The number of nitrogens with zero attached hydrogens (tertiary/aromatic N) is 2. The number of nitrogens with one attached hydrogen (secondary N) is 1. The van der Waals surface area contributed by atoms with E-state index in [1.54, 1.807) is 18.2 Å². The second kappa shape index (κ2) is 5.33. The summed E-state index contributed by atoms with van der Waals surface area (Å²) in [7, 11) is 1.52. The van der Waals surface area contributed by atoms with Gasteiger partial charge in [0, 0.05) is 0 Å². The third kappa shape index (κ3) is 2.61. The van der Waals surface area contributed by atoms with Crippen molar-refractivity contribution in [2.75, 3.05) is 12.4 Å². The van der Waals surface area contributed by atoms with Crippen LogP contribution in [0.2, 0.25) is 0 Å². The Morgan fingerprint density at radius 2 is 2.24 bits per heavy atom. The summed E-state index contributed by atoms with van der Waals surface area (Å²) in [6, 6.07) is 6.39. The summed E-state index contributed by atoms with van der Waals surface area (Å²) in [5, 5.41) is 11.1. The number of ether oxygens (including phenoxy) is 1. The Balaban J connectivity index is 2.02. The zero-order valence-corrected chi connectivity index (χ0v) is 11.6. The van der Waals surface area contributed by atoms with Gasteiger partial charge in [0.05, 0.1) is 12.5 Å². The zero-order chi connectivity index (χ0) is 14.8. The highest BCUT2D eigenvalue weighted by Gasteiger charge is 2.14. The van der Waals surface area contributed by atoms with E-state index >= 15 is 0 Å². The van der Waals surface area contributed by atoms with Crippen molar-refractivity contribution in [2.24, 2.45) is 0 Å². The molecule has 0 saturated heterocycles. The van der Waals surface area contributed by atoms with E-state index < -0.39 is 11.5 Å². The van der Waals surface area contributed by atoms with Gasteiger partial charge in [0.1, 0.15) is 11.3 Å². The molecule has 0 spiro atoms. The van der Waals surface area contributed by atoms with Crippen LogP contribution in [0.25, 0.3) is 10.8 Å². The van der Waals surface area contributed by atoms with Gasteiger partial charge in [-0.05, 0) is 29.7 Å². The van der Waals surface area contributed by atoms with Crippen molar-refractivity contribution in [3.63, 3.8) is 0 Å². The fourth-order valence-corrected chi connectivity index (χ4v) is 2.24. The topological polar surface area (TPSA) is 94.3 Å². The van der Waals surface area contributed by atoms with Crippen LogP contribution < -0.4 is 15.7 Å². The molecule has 0 aliphatic carbocycles. The summed E-state index contributed by atoms with van der Waals surface area (Å²) in [5.74, 6) is -0.0758. The van der Waals surface area contributed by atoms with Gasteiger partial charge in [0.15, 0.2) is 5.76 Å². The number of methoxy groups -OCH3 is 1. The summed E-state index contributed by atoms with van der Waals surface area (Å²) in [6.45, 7) is 0. The predicted octanol–water partition coefficient (Wildman–Crippen LogP) is 1.91. The van der Waals surface area contributed by atoms with Gasteiger partial charge in [-0.1, -0.05) is 11.3 Å². The monoisotopic (exact) mass is 303 g/mol. The third-order valence-corrected chi connectivity index (χ3v) is 3.38. The summed E-state index contributed by atoms with van der Waals surface area (Å²) >= 11 is 1.17. The summed E-state index contributed by atoms with van der Waals surface area (Å²) in [6.07, 6.45) is 0. The van der Waals surface area contributed by atoms with Gasteiger partial charge in [-0.2, -0.15) is 0 Å². The quantitative estimate of drug-likeness (QED) is 0.794. The molecule has 1 amide bonds. The number of rotatable bonds is 3. The molecule has 0 unspecified atom stereocenters. The number of anilines is 1. The van der Waals surface area contributed by atoms with Crippen molar-refractivity contribution in [1.82, 2.24) is 10.2 Å². The van der Waals surface area contributed by atoms with Gasteiger partial charge in [0.2, 0.25) is 5.13 Å². The highest BCUT2D eigenvalue weighted by molar-refractivity contribution is 7.13. The predicted molar refractivity (Wildman–Crippen MR) is 76.9 cm³/mol. The van der Waals surface area contributed by atoms with E-state index in [9.17, 15) is 9.59 Å². The molecule has 2 heterocycles. The molecule has 1 N–H and O–H groups in total. The number of benzene rings is 1. The molecule has 106 valence electrons. The second-order valence-electron chi connectivity index (χ2n) is 4.05. The highest BCUT2D eigenvalue weighted by atomic mass is 32.1.